The summed E-state index contributed by atoms with van der Waals surface area (Å²) in [6.45, 7) is 5.51. The standard InChI is InChI=1S/C25H27N3O5.2Na/c1-14-8-15(2)10-19(9-14)17-6-5-7-18(11-17)20(12-21(29)30)26-25(33)27-22-23(31)16(3)13-28(4)24(22)32;;/h5-11,13,20,31H,12H2,1-4H3,(H,29,30)(H2,26,27,33);;/q;2*+1/p-2/t20-;;/m0../s1. The Morgan fingerprint density at radius 1 is 1.00 bits per heavy atom. The van der Waals surface area contributed by atoms with Crippen LogP contribution in [0.5, 0.6) is 5.75 Å². The van der Waals surface area contributed by atoms with Gasteiger partial charge in [-0.3, -0.25) is 4.79 Å². The predicted molar refractivity (Wildman–Crippen MR) is 122 cm³/mol. The number of benzene rings is 2. The van der Waals surface area contributed by atoms with E-state index >= 15 is 0 Å². The van der Waals surface area contributed by atoms with E-state index in [1.54, 1.807) is 18.2 Å². The largest absolute Gasteiger partial charge is 1.00 e. The van der Waals surface area contributed by atoms with E-state index in [0.717, 1.165) is 22.3 Å². The van der Waals surface area contributed by atoms with E-state index in [1.807, 2.05) is 32.0 Å². The van der Waals surface area contributed by atoms with Crippen molar-refractivity contribution in [3.05, 3.63) is 81.3 Å². The van der Waals surface area contributed by atoms with Gasteiger partial charge in [-0.2, -0.15) is 0 Å². The van der Waals surface area contributed by atoms with E-state index in [0.29, 0.717) is 11.1 Å². The van der Waals surface area contributed by atoms with Gasteiger partial charge in [0.25, 0.3) is 5.56 Å². The number of aliphatic carboxylic acids is 1. The molecule has 2 amide bonds. The number of nitrogens with zero attached hydrogens (tertiary/aromatic N) is 1. The first-order valence-electron chi connectivity index (χ1n) is 10.4. The third-order valence-corrected chi connectivity index (χ3v) is 5.27. The molecule has 10 heteroatoms. The first-order chi connectivity index (χ1) is 15.5. The molecule has 3 aromatic rings. The fourth-order valence-corrected chi connectivity index (χ4v) is 3.79. The van der Waals surface area contributed by atoms with Crippen molar-refractivity contribution in [3.63, 3.8) is 0 Å². The van der Waals surface area contributed by atoms with E-state index in [1.165, 1.54) is 24.7 Å². The molecule has 0 unspecified atom stereocenters. The molecule has 0 aliphatic rings. The number of aromatic nitrogens is 1. The molecule has 0 spiro atoms. The molecule has 1 heterocycles. The Morgan fingerprint density at radius 3 is 2.23 bits per heavy atom. The number of urea groups is 1. The van der Waals surface area contributed by atoms with E-state index in [9.17, 15) is 24.6 Å². The Balaban J connectivity index is 0.00000306. The van der Waals surface area contributed by atoms with Crippen LogP contribution < -0.4 is 85.5 Å². The van der Waals surface area contributed by atoms with Gasteiger partial charge in [-0.1, -0.05) is 53.3 Å². The molecule has 2 N–H and O–H groups in total. The second-order valence-electron chi connectivity index (χ2n) is 8.16. The van der Waals surface area contributed by atoms with Crippen molar-refractivity contribution in [2.75, 3.05) is 5.32 Å². The zero-order valence-electron chi connectivity index (χ0n) is 20.9. The Hall–Kier alpha value is -2.07. The molecule has 172 valence electrons. The van der Waals surface area contributed by atoms with Gasteiger partial charge in [0.2, 0.25) is 0 Å². The zero-order valence-corrected chi connectivity index (χ0v) is 24.9. The van der Waals surface area contributed by atoms with Crippen molar-refractivity contribution >= 4 is 17.7 Å². The number of carbonyl (C=O) groups is 2. The summed E-state index contributed by atoms with van der Waals surface area (Å²) in [4.78, 5) is 36.3. The minimum Gasteiger partial charge on any atom is -0.871 e. The number of hydrogen-bond acceptors (Lipinski definition) is 5. The predicted octanol–water partition coefficient (Wildman–Crippen LogP) is -3.94. The maximum Gasteiger partial charge on any atom is 1.00 e. The van der Waals surface area contributed by atoms with Crippen molar-refractivity contribution in [2.45, 2.75) is 33.2 Å². The molecule has 0 saturated heterocycles. The van der Waals surface area contributed by atoms with Crippen LogP contribution in [0, 0.1) is 20.8 Å². The SMILES string of the molecule is Cc1cc(C)cc(-c2cccc([C@H](CC(=O)[O-])NC(=O)Nc3c([O-])c(C)cn(C)c3=O)c2)c1.[Na+].[Na+]. The molecule has 0 bridgehead atoms. The number of anilines is 1. The number of nitrogens with one attached hydrogen (secondary N) is 2. The van der Waals surface area contributed by atoms with Gasteiger partial charge in [0.1, 0.15) is 5.69 Å². The minimum absolute atomic E-state index is 0. The topological polar surface area (TPSA) is 126 Å². The zero-order chi connectivity index (χ0) is 24.3. The summed E-state index contributed by atoms with van der Waals surface area (Å²) in [5.74, 6) is -1.95. The van der Waals surface area contributed by atoms with Crippen LogP contribution in [0.1, 0.15) is 34.7 Å². The number of rotatable bonds is 6. The summed E-state index contributed by atoms with van der Waals surface area (Å²) in [6.07, 6.45) is 0.894. The van der Waals surface area contributed by atoms with Gasteiger partial charge < -0.3 is 30.2 Å². The fraction of sp³-hybridized carbons (Fsp3) is 0.240. The average Bonchev–Trinajstić information content (AvgIpc) is 2.74. The van der Waals surface area contributed by atoms with E-state index < -0.39 is 41.5 Å². The number of carboxylic acids is 1. The van der Waals surface area contributed by atoms with Gasteiger partial charge in [0.15, 0.2) is 0 Å². The van der Waals surface area contributed by atoms with Crippen molar-refractivity contribution in [1.82, 2.24) is 9.88 Å². The maximum atomic E-state index is 12.6. The number of pyridine rings is 1. The molecule has 1 atom stereocenters. The molecule has 35 heavy (non-hydrogen) atoms. The summed E-state index contributed by atoms with van der Waals surface area (Å²) in [5.41, 5.74) is 3.79. The van der Waals surface area contributed by atoms with Crippen molar-refractivity contribution in [2.24, 2.45) is 7.05 Å². The van der Waals surface area contributed by atoms with Crippen LogP contribution >= 0.6 is 0 Å². The van der Waals surface area contributed by atoms with E-state index in [-0.39, 0.29) is 59.1 Å². The molecule has 0 fully saturated rings. The van der Waals surface area contributed by atoms with Gasteiger partial charge in [0.05, 0.1) is 6.04 Å². The molecule has 0 aliphatic heterocycles. The summed E-state index contributed by atoms with van der Waals surface area (Å²) < 4.78 is 1.19. The molecule has 8 nitrogen and oxygen atoms in total. The summed E-state index contributed by atoms with van der Waals surface area (Å²) in [7, 11) is 1.47. The van der Waals surface area contributed by atoms with Crippen LogP contribution in [0.2, 0.25) is 0 Å². The Kier molecular flexibility index (Phi) is 11.8. The Morgan fingerprint density at radius 2 is 1.63 bits per heavy atom. The normalized spacial score (nSPS) is 11.0. The quantitative estimate of drug-likeness (QED) is 0.339. The summed E-state index contributed by atoms with van der Waals surface area (Å²) >= 11 is 0. The smallest absolute Gasteiger partial charge is 0.871 e. The number of aryl methyl sites for hydroxylation is 4. The second kappa shape index (κ2) is 13.3. The third kappa shape index (κ3) is 7.96. The number of carbonyl (C=O) groups excluding carboxylic acids is 2. The number of amides is 2. The molecule has 1 aromatic heterocycles. The van der Waals surface area contributed by atoms with Gasteiger partial charge in [-0.25, -0.2) is 4.79 Å². The molecule has 2 aromatic carbocycles. The van der Waals surface area contributed by atoms with Gasteiger partial charge in [-0.15, -0.1) is 0 Å². The Labute approximate surface area is 248 Å². The maximum absolute atomic E-state index is 12.6. The van der Waals surface area contributed by atoms with E-state index in [4.69, 9.17) is 0 Å². The van der Waals surface area contributed by atoms with Crippen LogP contribution in [0.3, 0.4) is 0 Å². The van der Waals surface area contributed by atoms with Crippen LogP contribution in [0.25, 0.3) is 11.1 Å². The Bertz CT molecular complexity index is 1270. The monoisotopic (exact) mass is 493 g/mol. The van der Waals surface area contributed by atoms with Crippen LogP contribution in [0.15, 0.2) is 53.5 Å². The van der Waals surface area contributed by atoms with Crippen molar-refractivity contribution in [1.29, 1.82) is 0 Å². The summed E-state index contributed by atoms with van der Waals surface area (Å²) in [5, 5.41) is 28.5. The molecule has 0 aliphatic carbocycles. The van der Waals surface area contributed by atoms with Crippen LogP contribution in [-0.4, -0.2) is 16.6 Å². The third-order valence-electron chi connectivity index (χ3n) is 5.27. The van der Waals surface area contributed by atoms with Gasteiger partial charge in [0, 0.05) is 25.6 Å². The average molecular weight is 493 g/mol. The first-order valence-corrected chi connectivity index (χ1v) is 10.4. The molecular formula is C25H25N3Na2O5. The second-order valence-corrected chi connectivity index (χ2v) is 8.16. The summed E-state index contributed by atoms with van der Waals surface area (Å²) in [6, 6.07) is 11.5. The van der Waals surface area contributed by atoms with E-state index in [2.05, 4.69) is 16.7 Å². The van der Waals surface area contributed by atoms with Crippen molar-refractivity contribution < 1.29 is 78.9 Å². The van der Waals surface area contributed by atoms with Crippen molar-refractivity contribution in [3.8, 4) is 16.9 Å². The molecular weight excluding hydrogens is 468 g/mol. The van der Waals surface area contributed by atoms with Crippen LogP contribution in [-0.2, 0) is 11.8 Å². The van der Waals surface area contributed by atoms with Gasteiger partial charge in [-0.05, 0) is 49.1 Å². The number of carboxylic acid groups (broad SMARTS) is 1. The molecule has 3 rings (SSSR count). The number of hydrogen-bond donors (Lipinski definition) is 2. The molecule has 0 radical (unpaired) electrons. The fourth-order valence-electron chi connectivity index (χ4n) is 3.79. The van der Waals surface area contributed by atoms with Crippen LogP contribution in [0.4, 0.5) is 10.5 Å². The van der Waals surface area contributed by atoms with Gasteiger partial charge >= 0.3 is 65.1 Å². The molecule has 0 saturated carbocycles. The first kappa shape index (κ1) is 31.0. The minimum atomic E-state index is -1.35.